The number of allylic oxidation sites excluding steroid dienone is 1. The molecule has 0 unspecified atom stereocenters. The number of methoxy groups -OCH3 is 1. The fourth-order valence-corrected chi connectivity index (χ4v) is 4.34. The summed E-state index contributed by atoms with van der Waals surface area (Å²) in [4.78, 5) is 13.3. The van der Waals surface area contributed by atoms with E-state index in [-0.39, 0.29) is 17.2 Å². The highest BCUT2D eigenvalue weighted by Gasteiger charge is 2.39. The Kier molecular flexibility index (Phi) is 4.99. The lowest BCUT2D eigenvalue weighted by molar-refractivity contribution is -0.118. The Labute approximate surface area is 172 Å². The number of hydrogen-bond acceptors (Lipinski definition) is 5. The Bertz CT molecular complexity index is 978. The van der Waals surface area contributed by atoms with Crippen molar-refractivity contribution in [2.75, 3.05) is 24.4 Å². The minimum absolute atomic E-state index is 0.0795. The first-order valence-electron chi connectivity index (χ1n) is 10.1. The smallest absolute Gasteiger partial charge is 0.166 e. The van der Waals surface area contributed by atoms with Gasteiger partial charge in [0, 0.05) is 23.3 Å². The van der Waals surface area contributed by atoms with E-state index in [1.165, 1.54) is 0 Å². The summed E-state index contributed by atoms with van der Waals surface area (Å²) < 4.78 is 11.5. The minimum atomic E-state index is -0.318. The molecule has 0 bridgehead atoms. The summed E-state index contributed by atoms with van der Waals surface area (Å²) in [6, 6.07) is 13.6. The molecule has 0 radical (unpaired) electrons. The van der Waals surface area contributed by atoms with E-state index >= 15 is 0 Å². The molecule has 2 aromatic carbocycles. The van der Waals surface area contributed by atoms with Crippen molar-refractivity contribution in [2.24, 2.45) is 5.41 Å². The van der Waals surface area contributed by atoms with Crippen LogP contribution in [0.1, 0.15) is 45.2 Å². The van der Waals surface area contributed by atoms with Crippen LogP contribution in [0.2, 0.25) is 0 Å². The first kappa shape index (κ1) is 19.4. The Balaban J connectivity index is 1.93. The summed E-state index contributed by atoms with van der Waals surface area (Å²) in [6.07, 6.45) is 1.34. The molecule has 2 N–H and O–H groups in total. The number of carbonyl (C=O) groups is 1. The first-order valence-corrected chi connectivity index (χ1v) is 10.1. The van der Waals surface area contributed by atoms with Gasteiger partial charge in [-0.05, 0) is 37.0 Å². The molecule has 0 saturated heterocycles. The van der Waals surface area contributed by atoms with Gasteiger partial charge in [0.25, 0.3) is 0 Å². The van der Waals surface area contributed by atoms with E-state index in [0.717, 1.165) is 34.6 Å². The molecule has 0 fully saturated rings. The highest BCUT2D eigenvalue weighted by atomic mass is 16.5. The first-order chi connectivity index (χ1) is 13.9. The maximum Gasteiger partial charge on any atom is 0.166 e. The van der Waals surface area contributed by atoms with Gasteiger partial charge in [0.1, 0.15) is 0 Å². The number of benzene rings is 2. The fraction of sp³-hybridized carbons (Fsp3) is 0.375. The molecule has 1 aliphatic carbocycles. The average Bonchev–Trinajstić information content (AvgIpc) is 2.83. The molecule has 0 amide bonds. The van der Waals surface area contributed by atoms with Gasteiger partial charge in [-0.1, -0.05) is 38.1 Å². The van der Waals surface area contributed by atoms with Crippen molar-refractivity contribution in [3.05, 3.63) is 59.3 Å². The van der Waals surface area contributed by atoms with Crippen molar-refractivity contribution >= 4 is 17.2 Å². The quantitative estimate of drug-likeness (QED) is 0.738. The second-order valence-corrected chi connectivity index (χ2v) is 8.39. The van der Waals surface area contributed by atoms with E-state index in [1.54, 1.807) is 7.11 Å². The molecule has 5 heteroatoms. The zero-order valence-corrected chi connectivity index (χ0v) is 17.5. The molecule has 1 atom stereocenters. The topological polar surface area (TPSA) is 59.6 Å². The average molecular weight is 392 g/mol. The van der Waals surface area contributed by atoms with E-state index in [4.69, 9.17) is 9.47 Å². The maximum atomic E-state index is 13.3. The second-order valence-electron chi connectivity index (χ2n) is 8.39. The number of fused-ring (bicyclic) bond motifs is 1. The number of rotatable bonds is 4. The summed E-state index contributed by atoms with van der Waals surface area (Å²) in [6.45, 7) is 6.76. The van der Waals surface area contributed by atoms with Gasteiger partial charge in [-0.2, -0.15) is 0 Å². The zero-order valence-electron chi connectivity index (χ0n) is 17.5. The van der Waals surface area contributed by atoms with Crippen LogP contribution >= 0.6 is 0 Å². The lowest BCUT2D eigenvalue weighted by Crippen LogP contribution is -2.31. The normalized spacial score (nSPS) is 20.0. The number of nitrogens with one attached hydrogen (secondary N) is 2. The minimum Gasteiger partial charge on any atom is -0.493 e. The SMILES string of the molecule is CCOc1c(OC)cccc1[C@H]1Nc2ccccc2NC2=C1C(=O)CC(C)(C)C2. The predicted octanol–water partition coefficient (Wildman–Crippen LogP) is 5.32. The lowest BCUT2D eigenvalue weighted by atomic mass is 9.73. The number of hydrogen-bond donors (Lipinski definition) is 2. The van der Waals surface area contributed by atoms with E-state index < -0.39 is 0 Å². The van der Waals surface area contributed by atoms with Crippen LogP contribution in [0.5, 0.6) is 11.5 Å². The summed E-state index contributed by atoms with van der Waals surface area (Å²) in [5.41, 5.74) is 4.54. The van der Waals surface area contributed by atoms with E-state index in [9.17, 15) is 4.79 Å². The number of carbonyl (C=O) groups excluding carboxylic acids is 1. The van der Waals surface area contributed by atoms with E-state index in [1.807, 2.05) is 49.4 Å². The Morgan fingerprint density at radius 3 is 2.55 bits per heavy atom. The number of ketones is 1. The Hall–Kier alpha value is -2.95. The van der Waals surface area contributed by atoms with Crippen LogP contribution in [0.15, 0.2) is 53.7 Å². The van der Waals surface area contributed by atoms with Gasteiger partial charge in [-0.25, -0.2) is 0 Å². The summed E-state index contributed by atoms with van der Waals surface area (Å²) >= 11 is 0. The molecule has 0 aromatic heterocycles. The molecule has 152 valence electrons. The van der Waals surface area contributed by atoms with Crippen LogP contribution in [-0.4, -0.2) is 19.5 Å². The van der Waals surface area contributed by atoms with Crippen LogP contribution < -0.4 is 20.1 Å². The van der Waals surface area contributed by atoms with Gasteiger partial charge < -0.3 is 20.1 Å². The standard InChI is InChI=1S/C24H28N2O3/c1-5-29-23-15(9-8-12-20(23)28-4)22-21-18(13-24(2,3)14-19(21)27)25-16-10-6-7-11-17(16)26-22/h6-12,22,25-26H,5,13-14H2,1-4H3/t22-/m1/s1. The lowest BCUT2D eigenvalue weighted by Gasteiger charge is -2.34. The van der Waals surface area contributed by atoms with Crippen molar-refractivity contribution < 1.29 is 14.3 Å². The molecular weight excluding hydrogens is 364 g/mol. The number of para-hydroxylation sites is 3. The monoisotopic (exact) mass is 392 g/mol. The van der Waals surface area contributed by atoms with Gasteiger partial charge in [0.15, 0.2) is 17.3 Å². The summed E-state index contributed by atoms with van der Waals surface area (Å²) in [5.74, 6) is 1.51. The third-order valence-corrected chi connectivity index (χ3v) is 5.55. The molecule has 0 saturated carbocycles. The Morgan fingerprint density at radius 1 is 1.07 bits per heavy atom. The molecule has 1 aliphatic heterocycles. The van der Waals surface area contributed by atoms with Crippen LogP contribution in [0, 0.1) is 5.41 Å². The van der Waals surface area contributed by atoms with Crippen LogP contribution in [0.3, 0.4) is 0 Å². The van der Waals surface area contributed by atoms with Gasteiger partial charge >= 0.3 is 0 Å². The van der Waals surface area contributed by atoms with Gasteiger partial charge in [-0.15, -0.1) is 0 Å². The summed E-state index contributed by atoms with van der Waals surface area (Å²) in [7, 11) is 1.64. The molecule has 0 spiro atoms. The molecule has 5 nitrogen and oxygen atoms in total. The molecular formula is C24H28N2O3. The van der Waals surface area contributed by atoms with Crippen LogP contribution in [-0.2, 0) is 4.79 Å². The molecule has 1 heterocycles. The fourth-order valence-electron chi connectivity index (χ4n) is 4.34. The molecule has 29 heavy (non-hydrogen) atoms. The van der Waals surface area contributed by atoms with E-state index in [2.05, 4.69) is 24.5 Å². The third kappa shape index (κ3) is 3.57. The van der Waals surface area contributed by atoms with Crippen molar-refractivity contribution in [2.45, 2.75) is 39.7 Å². The zero-order chi connectivity index (χ0) is 20.6. The van der Waals surface area contributed by atoms with Crippen molar-refractivity contribution in [1.82, 2.24) is 0 Å². The van der Waals surface area contributed by atoms with Crippen LogP contribution in [0.4, 0.5) is 11.4 Å². The highest BCUT2D eigenvalue weighted by molar-refractivity contribution is 6.01. The van der Waals surface area contributed by atoms with Gasteiger partial charge in [0.2, 0.25) is 0 Å². The highest BCUT2D eigenvalue weighted by Crippen LogP contribution is 2.48. The van der Waals surface area contributed by atoms with Crippen molar-refractivity contribution in [3.8, 4) is 11.5 Å². The number of ether oxygens (including phenoxy) is 2. The van der Waals surface area contributed by atoms with Gasteiger partial charge in [-0.3, -0.25) is 4.79 Å². The predicted molar refractivity (Wildman–Crippen MR) is 116 cm³/mol. The molecule has 4 rings (SSSR count). The number of anilines is 2. The molecule has 2 aromatic rings. The maximum absolute atomic E-state index is 13.3. The van der Waals surface area contributed by atoms with Gasteiger partial charge in [0.05, 0.1) is 31.1 Å². The van der Waals surface area contributed by atoms with Crippen LogP contribution in [0.25, 0.3) is 0 Å². The molecule has 2 aliphatic rings. The number of Topliss-reactive ketones (excluding diaryl/α,β-unsaturated/α-hetero) is 1. The van der Waals surface area contributed by atoms with Crippen molar-refractivity contribution in [3.63, 3.8) is 0 Å². The van der Waals surface area contributed by atoms with E-state index in [0.29, 0.717) is 24.5 Å². The van der Waals surface area contributed by atoms with Crippen molar-refractivity contribution in [1.29, 1.82) is 0 Å². The summed E-state index contributed by atoms with van der Waals surface area (Å²) in [5, 5.41) is 7.16. The third-order valence-electron chi connectivity index (χ3n) is 5.55. The largest absolute Gasteiger partial charge is 0.493 e. The second kappa shape index (κ2) is 7.47. The Morgan fingerprint density at radius 2 is 1.83 bits per heavy atom.